The number of aromatic carboxylic acids is 1. The second-order valence-electron chi connectivity index (χ2n) is 10.6. The van der Waals surface area contributed by atoms with Crippen LogP contribution >= 0.6 is 11.6 Å². The SMILES string of the molecule is O=C(Nc1cc(Cl)ccc1-n1cnnn1)C(=O)N[C@H](CNc1ccc2[nH]c(C(=O)O)cc2c1)Cc1ccc(N(C(=O)O)n2ccnc2)cc1. The summed E-state index contributed by atoms with van der Waals surface area (Å²) in [5.74, 6) is -2.99. The normalized spacial score (nSPS) is 11.5. The van der Waals surface area contributed by atoms with Gasteiger partial charge in [0.15, 0.2) is 0 Å². The Morgan fingerprint density at radius 2 is 1.78 bits per heavy atom. The summed E-state index contributed by atoms with van der Waals surface area (Å²) in [6, 6.07) is 17.4. The number of nitrogens with zero attached hydrogens (tertiary/aromatic N) is 7. The van der Waals surface area contributed by atoms with E-state index in [1.807, 2.05) is 0 Å². The van der Waals surface area contributed by atoms with Crippen molar-refractivity contribution in [3.05, 3.63) is 108 Å². The fourth-order valence-electron chi connectivity index (χ4n) is 5.05. The number of carboxylic acids is 1. The second-order valence-corrected chi connectivity index (χ2v) is 11.1. The van der Waals surface area contributed by atoms with Crippen LogP contribution in [0.1, 0.15) is 16.1 Å². The van der Waals surface area contributed by atoms with Gasteiger partial charge in [0, 0.05) is 40.6 Å². The van der Waals surface area contributed by atoms with Crippen molar-refractivity contribution in [3.8, 4) is 5.69 Å². The van der Waals surface area contributed by atoms with Crippen molar-refractivity contribution in [1.82, 2.24) is 40.2 Å². The highest BCUT2D eigenvalue weighted by molar-refractivity contribution is 6.40. The van der Waals surface area contributed by atoms with Crippen LogP contribution in [0.4, 0.5) is 21.9 Å². The van der Waals surface area contributed by atoms with E-state index in [9.17, 15) is 29.4 Å². The van der Waals surface area contributed by atoms with Crippen LogP contribution in [-0.4, -0.2) is 81.5 Å². The number of aromatic nitrogens is 7. The largest absolute Gasteiger partial charge is 0.477 e. The molecule has 3 aromatic heterocycles. The number of rotatable bonds is 11. The highest BCUT2D eigenvalue weighted by Gasteiger charge is 2.22. The van der Waals surface area contributed by atoms with Gasteiger partial charge in [-0.3, -0.25) is 9.59 Å². The molecule has 6 N–H and O–H groups in total. The second kappa shape index (κ2) is 13.9. The summed E-state index contributed by atoms with van der Waals surface area (Å²) in [4.78, 5) is 56.5. The summed E-state index contributed by atoms with van der Waals surface area (Å²) < 4.78 is 2.62. The molecule has 0 aliphatic carbocycles. The molecule has 248 valence electrons. The van der Waals surface area contributed by atoms with E-state index < -0.39 is 29.9 Å². The van der Waals surface area contributed by atoms with E-state index in [0.29, 0.717) is 33.0 Å². The van der Waals surface area contributed by atoms with Crippen LogP contribution in [0.3, 0.4) is 0 Å². The lowest BCUT2D eigenvalue weighted by molar-refractivity contribution is -0.136. The highest BCUT2D eigenvalue weighted by Crippen LogP contribution is 2.24. The quantitative estimate of drug-likeness (QED) is 0.108. The highest BCUT2D eigenvalue weighted by atomic mass is 35.5. The summed E-state index contributed by atoms with van der Waals surface area (Å²) in [7, 11) is 0. The Balaban J connectivity index is 1.21. The Morgan fingerprint density at radius 1 is 0.959 bits per heavy atom. The van der Waals surface area contributed by atoms with Crippen molar-refractivity contribution < 1.29 is 29.4 Å². The molecule has 0 saturated carbocycles. The van der Waals surface area contributed by atoms with Gasteiger partial charge in [-0.15, -0.1) is 5.10 Å². The van der Waals surface area contributed by atoms with E-state index >= 15 is 0 Å². The molecule has 0 bridgehead atoms. The molecule has 17 nitrogen and oxygen atoms in total. The maximum absolute atomic E-state index is 13.3. The number of hydrogen-bond acceptors (Lipinski definition) is 9. The summed E-state index contributed by atoms with van der Waals surface area (Å²) >= 11 is 6.15. The molecule has 0 spiro atoms. The van der Waals surface area contributed by atoms with E-state index in [1.54, 1.807) is 54.6 Å². The first kappa shape index (κ1) is 32.2. The first-order valence-corrected chi connectivity index (χ1v) is 14.9. The van der Waals surface area contributed by atoms with E-state index in [-0.39, 0.29) is 24.3 Å². The van der Waals surface area contributed by atoms with E-state index in [0.717, 1.165) is 10.6 Å². The number of amides is 3. The number of imidazole rings is 1. The predicted octanol–water partition coefficient (Wildman–Crippen LogP) is 3.42. The fourth-order valence-corrected chi connectivity index (χ4v) is 5.23. The molecule has 0 saturated heterocycles. The van der Waals surface area contributed by atoms with Crippen LogP contribution in [-0.2, 0) is 16.0 Å². The Morgan fingerprint density at radius 3 is 2.47 bits per heavy atom. The van der Waals surface area contributed by atoms with E-state index in [4.69, 9.17) is 11.6 Å². The molecular weight excluding hydrogens is 658 g/mol. The van der Waals surface area contributed by atoms with Gasteiger partial charge in [0.25, 0.3) is 0 Å². The molecular formula is C31H26ClN11O6. The number of benzene rings is 3. The minimum absolute atomic E-state index is 0.0456. The number of anilines is 3. The zero-order chi connectivity index (χ0) is 34.5. The summed E-state index contributed by atoms with van der Waals surface area (Å²) in [6.07, 6.45) is 4.65. The Kier molecular flexibility index (Phi) is 9.16. The number of nitrogens with one attached hydrogen (secondary N) is 4. The maximum atomic E-state index is 13.3. The van der Waals surface area contributed by atoms with Crippen LogP contribution in [0.2, 0.25) is 5.02 Å². The van der Waals surface area contributed by atoms with E-state index in [2.05, 4.69) is 41.4 Å². The van der Waals surface area contributed by atoms with Crippen molar-refractivity contribution in [2.45, 2.75) is 12.5 Å². The van der Waals surface area contributed by atoms with Crippen molar-refractivity contribution in [2.24, 2.45) is 0 Å². The Hall–Kier alpha value is -6.75. The minimum Gasteiger partial charge on any atom is -0.477 e. The molecule has 49 heavy (non-hydrogen) atoms. The lowest BCUT2D eigenvalue weighted by Gasteiger charge is -2.22. The number of hydrogen-bond donors (Lipinski definition) is 6. The number of fused-ring (bicyclic) bond motifs is 1. The summed E-state index contributed by atoms with van der Waals surface area (Å²) in [6.45, 7) is 0.159. The lowest BCUT2D eigenvalue weighted by Crippen LogP contribution is -2.46. The molecule has 0 unspecified atom stereocenters. The summed E-state index contributed by atoms with van der Waals surface area (Å²) in [5.41, 5.74) is 2.99. The van der Waals surface area contributed by atoms with Gasteiger partial charge in [0.1, 0.15) is 18.3 Å². The molecule has 0 aliphatic rings. The first-order chi connectivity index (χ1) is 23.6. The van der Waals surface area contributed by atoms with Crippen LogP contribution in [0.15, 0.2) is 91.8 Å². The number of carboxylic acid groups (broad SMARTS) is 2. The van der Waals surface area contributed by atoms with Gasteiger partial charge in [-0.25, -0.2) is 19.2 Å². The molecule has 0 fully saturated rings. The van der Waals surface area contributed by atoms with Crippen LogP contribution in [0, 0.1) is 0 Å². The van der Waals surface area contributed by atoms with Crippen molar-refractivity contribution >= 4 is 63.4 Å². The van der Waals surface area contributed by atoms with Gasteiger partial charge in [0.2, 0.25) is 0 Å². The van der Waals surface area contributed by atoms with Crippen LogP contribution in [0.25, 0.3) is 16.6 Å². The third kappa shape index (κ3) is 7.47. The molecule has 3 amide bonds. The van der Waals surface area contributed by atoms with Crippen molar-refractivity contribution in [2.75, 3.05) is 22.2 Å². The van der Waals surface area contributed by atoms with Gasteiger partial charge in [-0.2, -0.15) is 9.69 Å². The number of aromatic amines is 1. The smallest absolute Gasteiger partial charge is 0.431 e. The molecule has 1 atom stereocenters. The molecule has 6 aromatic rings. The number of halogens is 1. The van der Waals surface area contributed by atoms with Crippen LogP contribution in [0.5, 0.6) is 0 Å². The number of carbonyl (C=O) groups is 4. The standard InChI is InChI=1S/C31H26ClN11O6/c32-20-3-8-27(42-17-35-39-40-42)25(14-20)38-29(45)28(44)36-22(15-34-21-4-7-24-19(12-21)13-26(37-24)30(46)47)11-18-1-5-23(6-2-18)43(31(48)49)41-10-9-33-16-41/h1-10,12-14,16-17,22,34,37H,11,15H2,(H,36,44)(H,38,45)(H,46,47)(H,48,49)/t22-/m0/s1. The Bertz CT molecular complexity index is 2130. The maximum Gasteiger partial charge on any atom is 0.431 e. The summed E-state index contributed by atoms with van der Waals surface area (Å²) in [5, 5.41) is 40.7. The van der Waals surface area contributed by atoms with Gasteiger partial charge >= 0.3 is 23.9 Å². The van der Waals surface area contributed by atoms with Crippen LogP contribution < -0.4 is 21.0 Å². The zero-order valence-corrected chi connectivity index (χ0v) is 25.9. The fraction of sp³-hybridized carbons (Fsp3) is 0.0968. The molecule has 18 heteroatoms. The molecule has 0 aliphatic heterocycles. The van der Waals surface area contributed by atoms with Gasteiger partial charge in [-0.05, 0) is 77.0 Å². The van der Waals surface area contributed by atoms with Gasteiger partial charge in [-0.1, -0.05) is 23.7 Å². The molecule has 0 radical (unpaired) electrons. The topological polar surface area (TPSA) is 225 Å². The average Bonchev–Trinajstić information content (AvgIpc) is 3.87. The minimum atomic E-state index is -1.22. The van der Waals surface area contributed by atoms with E-state index in [1.165, 1.54) is 46.5 Å². The number of H-pyrrole nitrogens is 1. The Labute approximate surface area is 281 Å². The monoisotopic (exact) mass is 683 g/mol. The van der Waals surface area contributed by atoms with Gasteiger partial charge in [0.05, 0.1) is 23.1 Å². The number of carbonyl (C=O) groups excluding carboxylic acids is 2. The van der Waals surface area contributed by atoms with Crippen molar-refractivity contribution in [3.63, 3.8) is 0 Å². The number of tetrazole rings is 1. The van der Waals surface area contributed by atoms with Gasteiger partial charge < -0.3 is 31.1 Å². The zero-order valence-electron chi connectivity index (χ0n) is 25.2. The lowest BCUT2D eigenvalue weighted by atomic mass is 10.0. The molecule has 6 rings (SSSR count). The first-order valence-electron chi connectivity index (χ1n) is 14.5. The average molecular weight is 684 g/mol. The third-order valence-electron chi connectivity index (χ3n) is 7.31. The molecule has 3 aromatic carbocycles. The predicted molar refractivity (Wildman–Crippen MR) is 177 cm³/mol. The molecule has 3 heterocycles. The third-order valence-corrected chi connectivity index (χ3v) is 7.55. The van der Waals surface area contributed by atoms with Crippen molar-refractivity contribution in [1.29, 1.82) is 0 Å².